The van der Waals surface area contributed by atoms with E-state index in [0.29, 0.717) is 4.77 Å². The van der Waals surface area contributed by atoms with E-state index in [0.717, 1.165) is 51.6 Å². The first-order valence-electron chi connectivity index (χ1n) is 5.80. The lowest BCUT2D eigenvalue weighted by Gasteiger charge is -2.26. The topological polar surface area (TPSA) is 66.1 Å². The SMILES string of the molecule is S=c1nc(NCCCN2CCOCC2)cn[nH]1. The van der Waals surface area contributed by atoms with Crippen molar-refractivity contribution in [2.24, 2.45) is 0 Å². The van der Waals surface area contributed by atoms with Crippen molar-refractivity contribution in [3.63, 3.8) is 0 Å². The monoisotopic (exact) mass is 255 g/mol. The summed E-state index contributed by atoms with van der Waals surface area (Å²) in [5.41, 5.74) is 0. The van der Waals surface area contributed by atoms with Crippen LogP contribution < -0.4 is 5.32 Å². The number of rotatable bonds is 5. The molecule has 1 aromatic heterocycles. The quantitative estimate of drug-likeness (QED) is 0.595. The zero-order valence-corrected chi connectivity index (χ0v) is 10.5. The summed E-state index contributed by atoms with van der Waals surface area (Å²) in [5.74, 6) is 0.732. The van der Waals surface area contributed by atoms with Gasteiger partial charge in [0.05, 0.1) is 19.4 Å². The lowest BCUT2D eigenvalue weighted by atomic mass is 10.3. The minimum Gasteiger partial charge on any atom is -0.379 e. The largest absolute Gasteiger partial charge is 0.379 e. The van der Waals surface area contributed by atoms with Crippen molar-refractivity contribution in [3.05, 3.63) is 11.0 Å². The predicted molar refractivity (Wildman–Crippen MR) is 67.6 cm³/mol. The van der Waals surface area contributed by atoms with Crippen LogP contribution in [0.15, 0.2) is 6.20 Å². The van der Waals surface area contributed by atoms with E-state index in [1.165, 1.54) is 0 Å². The molecule has 2 rings (SSSR count). The fourth-order valence-corrected chi connectivity index (χ4v) is 1.89. The van der Waals surface area contributed by atoms with Gasteiger partial charge in [-0.05, 0) is 25.2 Å². The fourth-order valence-electron chi connectivity index (χ4n) is 1.74. The number of hydrogen-bond donors (Lipinski definition) is 2. The lowest BCUT2D eigenvalue weighted by molar-refractivity contribution is 0.0378. The van der Waals surface area contributed by atoms with E-state index in [1.54, 1.807) is 6.20 Å². The highest BCUT2D eigenvalue weighted by molar-refractivity contribution is 7.71. The van der Waals surface area contributed by atoms with Gasteiger partial charge >= 0.3 is 0 Å². The molecule has 1 aromatic rings. The molecule has 0 bridgehead atoms. The van der Waals surface area contributed by atoms with Crippen LogP contribution in [0.5, 0.6) is 0 Å². The van der Waals surface area contributed by atoms with Crippen molar-refractivity contribution < 1.29 is 4.74 Å². The lowest BCUT2D eigenvalue weighted by Crippen LogP contribution is -2.37. The van der Waals surface area contributed by atoms with Gasteiger partial charge in [-0.15, -0.1) is 0 Å². The highest BCUT2D eigenvalue weighted by Gasteiger charge is 2.08. The van der Waals surface area contributed by atoms with Crippen LogP contribution >= 0.6 is 12.2 Å². The molecule has 0 atom stereocenters. The second kappa shape index (κ2) is 6.63. The number of aromatic nitrogens is 3. The maximum absolute atomic E-state index is 5.30. The van der Waals surface area contributed by atoms with E-state index in [4.69, 9.17) is 17.0 Å². The van der Waals surface area contributed by atoms with Gasteiger partial charge < -0.3 is 10.1 Å². The van der Waals surface area contributed by atoms with Crippen molar-refractivity contribution in [3.8, 4) is 0 Å². The maximum Gasteiger partial charge on any atom is 0.215 e. The number of H-pyrrole nitrogens is 1. The first-order valence-corrected chi connectivity index (χ1v) is 6.21. The van der Waals surface area contributed by atoms with Crippen molar-refractivity contribution in [1.82, 2.24) is 20.1 Å². The summed E-state index contributed by atoms with van der Waals surface area (Å²) >= 11 is 4.89. The molecule has 0 saturated carbocycles. The summed E-state index contributed by atoms with van der Waals surface area (Å²) in [6.07, 6.45) is 2.72. The molecule has 6 nitrogen and oxygen atoms in total. The number of aromatic amines is 1. The molecule has 94 valence electrons. The van der Waals surface area contributed by atoms with Gasteiger partial charge in [0.2, 0.25) is 4.77 Å². The van der Waals surface area contributed by atoms with Gasteiger partial charge in [-0.1, -0.05) is 0 Å². The van der Waals surface area contributed by atoms with Gasteiger partial charge in [0, 0.05) is 19.6 Å². The second-order valence-electron chi connectivity index (χ2n) is 3.91. The van der Waals surface area contributed by atoms with Gasteiger partial charge in [-0.2, -0.15) is 5.10 Å². The number of anilines is 1. The highest BCUT2D eigenvalue weighted by Crippen LogP contribution is 2.00. The van der Waals surface area contributed by atoms with E-state index in [9.17, 15) is 0 Å². The van der Waals surface area contributed by atoms with Crippen molar-refractivity contribution >= 4 is 18.0 Å². The van der Waals surface area contributed by atoms with Gasteiger partial charge in [0.25, 0.3) is 0 Å². The first-order chi connectivity index (χ1) is 8.34. The normalized spacial score (nSPS) is 16.9. The predicted octanol–water partition coefficient (Wildman–Crippen LogP) is 0.668. The molecule has 0 spiro atoms. The zero-order valence-electron chi connectivity index (χ0n) is 9.69. The average molecular weight is 255 g/mol. The molecule has 0 aromatic carbocycles. The third-order valence-electron chi connectivity index (χ3n) is 2.63. The molecule has 1 saturated heterocycles. The first kappa shape index (κ1) is 12.4. The number of nitrogens with zero attached hydrogens (tertiary/aromatic N) is 3. The molecule has 1 aliphatic heterocycles. The van der Waals surface area contributed by atoms with Crippen molar-refractivity contribution in [2.45, 2.75) is 6.42 Å². The van der Waals surface area contributed by atoms with E-state index in [-0.39, 0.29) is 0 Å². The summed E-state index contributed by atoms with van der Waals surface area (Å²) in [6.45, 7) is 5.75. The van der Waals surface area contributed by atoms with Crippen LogP contribution in [0.25, 0.3) is 0 Å². The molecule has 17 heavy (non-hydrogen) atoms. The maximum atomic E-state index is 5.30. The van der Waals surface area contributed by atoms with Crippen LogP contribution in [0.4, 0.5) is 5.82 Å². The molecule has 1 aliphatic rings. The van der Waals surface area contributed by atoms with Crippen LogP contribution in [0.2, 0.25) is 0 Å². The minimum atomic E-state index is 0.406. The fraction of sp³-hybridized carbons (Fsp3) is 0.700. The Balaban J connectivity index is 1.64. The van der Waals surface area contributed by atoms with Crippen molar-refractivity contribution in [2.75, 3.05) is 44.7 Å². The Kier molecular flexibility index (Phi) is 4.84. The van der Waals surface area contributed by atoms with Crippen LogP contribution in [-0.2, 0) is 4.74 Å². The Labute approximate surface area is 105 Å². The Bertz CT molecular complexity index is 390. The molecule has 0 aliphatic carbocycles. The molecule has 2 N–H and O–H groups in total. The molecular weight excluding hydrogens is 238 g/mol. The van der Waals surface area contributed by atoms with E-state index < -0.39 is 0 Å². The Hall–Kier alpha value is -1.05. The van der Waals surface area contributed by atoms with Gasteiger partial charge in [-0.25, -0.2) is 4.98 Å². The molecule has 7 heteroatoms. The number of nitrogens with one attached hydrogen (secondary N) is 2. The Morgan fingerprint density at radius 2 is 2.29 bits per heavy atom. The van der Waals surface area contributed by atoms with E-state index in [2.05, 4.69) is 25.4 Å². The zero-order chi connectivity index (χ0) is 11.9. The summed E-state index contributed by atoms with van der Waals surface area (Å²) in [6, 6.07) is 0. The number of hydrogen-bond acceptors (Lipinski definition) is 6. The van der Waals surface area contributed by atoms with E-state index in [1.807, 2.05) is 0 Å². The Morgan fingerprint density at radius 3 is 3.06 bits per heavy atom. The third kappa shape index (κ3) is 4.37. The molecular formula is C10H17N5OS. The smallest absolute Gasteiger partial charge is 0.215 e. The molecule has 0 amide bonds. The molecule has 0 unspecified atom stereocenters. The van der Waals surface area contributed by atoms with Crippen LogP contribution in [0.1, 0.15) is 6.42 Å². The number of morpholine rings is 1. The Morgan fingerprint density at radius 1 is 1.47 bits per heavy atom. The minimum absolute atomic E-state index is 0.406. The third-order valence-corrected chi connectivity index (χ3v) is 2.81. The molecule has 0 radical (unpaired) electrons. The summed E-state index contributed by atoms with van der Waals surface area (Å²) in [4.78, 5) is 6.52. The van der Waals surface area contributed by atoms with Crippen LogP contribution in [-0.4, -0.2) is 59.5 Å². The average Bonchev–Trinajstić information content (AvgIpc) is 2.36. The summed E-state index contributed by atoms with van der Waals surface area (Å²) < 4.78 is 5.70. The van der Waals surface area contributed by atoms with Gasteiger partial charge in [0.15, 0.2) is 0 Å². The standard InChI is InChI=1S/C10H17N5OS/c17-10-13-9(8-12-14-10)11-2-1-3-15-4-6-16-7-5-15/h8H,1-7H2,(H2,11,13,14,17). The molecule has 2 heterocycles. The van der Waals surface area contributed by atoms with Gasteiger partial charge in [-0.3, -0.25) is 10.00 Å². The summed E-state index contributed by atoms with van der Waals surface area (Å²) in [5, 5.41) is 9.68. The highest BCUT2D eigenvalue weighted by atomic mass is 32.1. The van der Waals surface area contributed by atoms with Gasteiger partial charge in [0.1, 0.15) is 5.82 Å². The second-order valence-corrected chi connectivity index (χ2v) is 4.29. The van der Waals surface area contributed by atoms with E-state index >= 15 is 0 Å². The summed E-state index contributed by atoms with van der Waals surface area (Å²) in [7, 11) is 0. The van der Waals surface area contributed by atoms with Crippen molar-refractivity contribution in [1.29, 1.82) is 0 Å². The molecule has 1 fully saturated rings. The van der Waals surface area contributed by atoms with Crippen LogP contribution in [0.3, 0.4) is 0 Å². The number of ether oxygens (including phenoxy) is 1. The van der Waals surface area contributed by atoms with Crippen LogP contribution in [0, 0.1) is 4.77 Å².